The standard InChI is InChI=1S/C38H37NO16S/c1-7-48-36(40)33-19(4)53-26-15-28(46-5)31(13-22(26)33)52-18-32-35(38(42)50-9-3)23-14-30(29(47-6)16-27(23)54-32)51-17-25-34(37(41)49-8-2)21-12-20(55-56(43,44)45)10-11-24(21)39-25/h10-16,39H,7-9,17-18H2,1-6H3,(H,43,44,45). The summed E-state index contributed by atoms with van der Waals surface area (Å²) in [5.74, 6) is -0.932. The first-order valence-corrected chi connectivity index (χ1v) is 18.5. The van der Waals surface area contributed by atoms with Crippen molar-refractivity contribution in [3.05, 3.63) is 76.4 Å². The number of esters is 3. The largest absolute Gasteiger partial charge is 0.493 e. The fourth-order valence-corrected chi connectivity index (χ4v) is 6.50. The third kappa shape index (κ3) is 7.87. The number of nitrogens with one attached hydrogen (secondary N) is 1. The molecule has 0 aliphatic carbocycles. The number of ether oxygens (including phenoxy) is 7. The number of hydrogen-bond acceptors (Lipinski definition) is 15. The number of aryl methyl sites for hydroxylation is 1. The summed E-state index contributed by atoms with van der Waals surface area (Å²) in [6.45, 7) is 6.34. The Balaban J connectivity index is 1.36. The van der Waals surface area contributed by atoms with Gasteiger partial charge in [0.05, 0.1) is 45.3 Å². The normalized spacial score (nSPS) is 11.5. The van der Waals surface area contributed by atoms with E-state index in [-0.39, 0.29) is 101 Å². The number of carbonyl (C=O) groups is 3. The first-order chi connectivity index (χ1) is 26.8. The third-order valence-electron chi connectivity index (χ3n) is 8.42. The minimum Gasteiger partial charge on any atom is -0.493 e. The first-order valence-electron chi connectivity index (χ1n) is 17.1. The highest BCUT2D eigenvalue weighted by Crippen LogP contribution is 2.40. The van der Waals surface area contributed by atoms with Gasteiger partial charge in [-0.1, -0.05) is 0 Å². The highest BCUT2D eigenvalue weighted by molar-refractivity contribution is 7.81. The van der Waals surface area contributed by atoms with Crippen LogP contribution in [0.4, 0.5) is 0 Å². The van der Waals surface area contributed by atoms with Gasteiger partial charge in [-0.2, -0.15) is 8.42 Å². The van der Waals surface area contributed by atoms with Crippen molar-refractivity contribution in [2.45, 2.75) is 40.9 Å². The van der Waals surface area contributed by atoms with Crippen molar-refractivity contribution in [3.63, 3.8) is 0 Å². The molecular formula is C38H37NO16S. The van der Waals surface area contributed by atoms with E-state index in [1.54, 1.807) is 39.8 Å². The molecule has 17 nitrogen and oxygen atoms in total. The Labute approximate surface area is 319 Å². The van der Waals surface area contributed by atoms with Gasteiger partial charge in [-0.05, 0) is 58.0 Å². The summed E-state index contributed by atoms with van der Waals surface area (Å²) in [4.78, 5) is 42.4. The minimum absolute atomic E-state index is 0.0335. The molecule has 0 bridgehead atoms. The van der Waals surface area contributed by atoms with Crippen LogP contribution in [0.15, 0.2) is 51.3 Å². The van der Waals surface area contributed by atoms with Crippen molar-refractivity contribution in [1.82, 2.24) is 4.98 Å². The van der Waals surface area contributed by atoms with Gasteiger partial charge in [0.15, 0.2) is 28.8 Å². The van der Waals surface area contributed by atoms with Gasteiger partial charge >= 0.3 is 28.3 Å². The molecule has 6 aromatic rings. The van der Waals surface area contributed by atoms with Crippen molar-refractivity contribution in [2.24, 2.45) is 0 Å². The predicted molar refractivity (Wildman–Crippen MR) is 197 cm³/mol. The van der Waals surface area contributed by atoms with E-state index in [2.05, 4.69) is 9.17 Å². The molecule has 0 aliphatic heterocycles. The van der Waals surface area contributed by atoms with E-state index in [9.17, 15) is 22.8 Å². The summed E-state index contributed by atoms with van der Waals surface area (Å²) in [7, 11) is -1.99. The number of aromatic amines is 1. The van der Waals surface area contributed by atoms with E-state index in [0.717, 1.165) is 0 Å². The van der Waals surface area contributed by atoms with Gasteiger partial charge in [0.25, 0.3) is 0 Å². The van der Waals surface area contributed by atoms with Crippen LogP contribution >= 0.6 is 0 Å². The zero-order valence-corrected chi connectivity index (χ0v) is 31.9. The molecule has 0 spiro atoms. The molecule has 0 aliphatic rings. The van der Waals surface area contributed by atoms with Crippen LogP contribution in [0.2, 0.25) is 0 Å². The lowest BCUT2D eigenvalue weighted by Crippen LogP contribution is -2.10. The molecule has 2 N–H and O–H groups in total. The van der Waals surface area contributed by atoms with Gasteiger partial charge in [0, 0.05) is 33.8 Å². The lowest BCUT2D eigenvalue weighted by Gasteiger charge is -2.12. The van der Waals surface area contributed by atoms with Gasteiger partial charge in [0.1, 0.15) is 47.0 Å². The van der Waals surface area contributed by atoms with Crippen LogP contribution in [-0.2, 0) is 37.8 Å². The van der Waals surface area contributed by atoms with Crippen molar-refractivity contribution >= 4 is 61.1 Å². The number of carbonyl (C=O) groups excluding carboxylic acids is 3. The number of methoxy groups -OCH3 is 2. The Morgan fingerprint density at radius 1 is 0.679 bits per heavy atom. The van der Waals surface area contributed by atoms with Crippen molar-refractivity contribution < 1.29 is 73.5 Å². The molecule has 0 amide bonds. The molecule has 0 radical (unpaired) electrons. The second-order valence-corrected chi connectivity index (χ2v) is 12.9. The maximum atomic E-state index is 13.5. The maximum Gasteiger partial charge on any atom is 0.446 e. The fourth-order valence-electron chi connectivity index (χ4n) is 6.15. The Kier molecular flexibility index (Phi) is 11.3. The molecule has 3 heterocycles. The third-order valence-corrected chi connectivity index (χ3v) is 8.82. The highest BCUT2D eigenvalue weighted by Gasteiger charge is 2.28. The molecule has 18 heteroatoms. The molecule has 56 heavy (non-hydrogen) atoms. The zero-order valence-electron chi connectivity index (χ0n) is 31.1. The number of hydrogen-bond donors (Lipinski definition) is 2. The van der Waals surface area contributed by atoms with E-state index < -0.39 is 28.3 Å². The van der Waals surface area contributed by atoms with E-state index in [1.165, 1.54) is 44.6 Å². The molecule has 6 rings (SSSR count). The Hall–Kier alpha value is -6.40. The lowest BCUT2D eigenvalue weighted by molar-refractivity contribution is 0.0514. The van der Waals surface area contributed by atoms with Gasteiger partial charge in [-0.15, -0.1) is 0 Å². The average molecular weight is 796 g/mol. The maximum absolute atomic E-state index is 13.5. The van der Waals surface area contributed by atoms with Crippen LogP contribution in [0.5, 0.6) is 28.7 Å². The average Bonchev–Trinajstić information content (AvgIpc) is 3.80. The van der Waals surface area contributed by atoms with Crippen LogP contribution in [0.25, 0.3) is 32.8 Å². The molecule has 3 aromatic carbocycles. The number of H-pyrrole nitrogens is 1. The van der Waals surface area contributed by atoms with Crippen LogP contribution in [0.1, 0.15) is 69.1 Å². The molecule has 0 atom stereocenters. The van der Waals surface area contributed by atoms with E-state index >= 15 is 0 Å². The van der Waals surface area contributed by atoms with Crippen LogP contribution < -0.4 is 23.1 Å². The molecule has 0 fully saturated rings. The number of benzene rings is 3. The Morgan fingerprint density at radius 3 is 1.79 bits per heavy atom. The summed E-state index contributed by atoms with van der Waals surface area (Å²) >= 11 is 0. The second-order valence-electron chi connectivity index (χ2n) is 11.9. The summed E-state index contributed by atoms with van der Waals surface area (Å²) in [5.41, 5.74) is 1.59. The topological polar surface area (TPSA) is 221 Å². The van der Waals surface area contributed by atoms with Crippen molar-refractivity contribution in [2.75, 3.05) is 34.0 Å². The number of furan rings is 2. The van der Waals surface area contributed by atoms with E-state index in [1.807, 2.05) is 0 Å². The second kappa shape index (κ2) is 16.1. The monoisotopic (exact) mass is 795 g/mol. The SMILES string of the molecule is CCOC(=O)c1c(COc2cc3c(C(=O)OCC)c(COc4cc5c(C(=O)OCC)c(C)oc5cc4OC)oc3cc2OC)[nH]c2ccc(OS(=O)(=O)O)cc12. The summed E-state index contributed by atoms with van der Waals surface area (Å²) in [6, 6.07) is 10.2. The van der Waals surface area contributed by atoms with Gasteiger partial charge in [-0.25, -0.2) is 14.4 Å². The van der Waals surface area contributed by atoms with Crippen LogP contribution in [-0.4, -0.2) is 69.9 Å². The zero-order chi connectivity index (χ0) is 40.3. The van der Waals surface area contributed by atoms with Crippen LogP contribution in [0.3, 0.4) is 0 Å². The van der Waals surface area contributed by atoms with Crippen LogP contribution in [0, 0.1) is 6.92 Å². The summed E-state index contributed by atoms with van der Waals surface area (Å²) < 4.78 is 87.7. The Bertz CT molecular complexity index is 2580. The molecular weight excluding hydrogens is 758 g/mol. The molecule has 0 saturated heterocycles. The molecule has 296 valence electrons. The number of rotatable bonds is 16. The minimum atomic E-state index is -4.84. The van der Waals surface area contributed by atoms with E-state index in [4.69, 9.17) is 46.5 Å². The van der Waals surface area contributed by atoms with E-state index in [0.29, 0.717) is 27.6 Å². The van der Waals surface area contributed by atoms with Gasteiger partial charge in [0.2, 0.25) is 0 Å². The molecule has 0 unspecified atom stereocenters. The Morgan fingerprint density at radius 2 is 1.21 bits per heavy atom. The van der Waals surface area contributed by atoms with Gasteiger partial charge < -0.3 is 51.2 Å². The summed E-state index contributed by atoms with van der Waals surface area (Å²) in [5, 5.41) is 0.974. The fraction of sp³-hybridized carbons (Fsp3) is 0.289. The highest BCUT2D eigenvalue weighted by atomic mass is 32.3. The van der Waals surface area contributed by atoms with Crippen molar-refractivity contribution in [3.8, 4) is 28.7 Å². The lowest BCUT2D eigenvalue weighted by atomic mass is 10.1. The molecule has 3 aromatic heterocycles. The predicted octanol–water partition coefficient (Wildman–Crippen LogP) is 6.86. The smallest absolute Gasteiger partial charge is 0.446 e. The number of fused-ring (bicyclic) bond motifs is 3. The van der Waals surface area contributed by atoms with Crippen molar-refractivity contribution in [1.29, 1.82) is 0 Å². The number of aromatic nitrogens is 1. The summed E-state index contributed by atoms with van der Waals surface area (Å²) in [6.07, 6.45) is 0. The molecule has 0 saturated carbocycles. The quantitative estimate of drug-likeness (QED) is 0.0580. The first kappa shape index (κ1) is 39.3. The van der Waals surface area contributed by atoms with Gasteiger partial charge in [-0.3, -0.25) is 4.55 Å².